The third-order valence-corrected chi connectivity index (χ3v) is 6.50. The van der Waals surface area contributed by atoms with E-state index in [4.69, 9.17) is 4.74 Å². The molecule has 0 N–H and O–H groups in total. The first kappa shape index (κ1) is 21.4. The molecule has 0 aliphatic heterocycles. The molecule has 3 aromatic rings. The highest BCUT2D eigenvalue weighted by atomic mass is 32.2. The van der Waals surface area contributed by atoms with Gasteiger partial charge in [-0.2, -0.15) is 0 Å². The van der Waals surface area contributed by atoms with Crippen LogP contribution in [0.25, 0.3) is 0 Å². The molecule has 1 saturated carbocycles. The van der Waals surface area contributed by atoms with E-state index >= 15 is 0 Å². The number of amides is 1. The zero-order chi connectivity index (χ0) is 21.5. The molecule has 0 unspecified atom stereocenters. The van der Waals surface area contributed by atoms with Crippen LogP contribution >= 0.6 is 11.8 Å². The lowest BCUT2D eigenvalue weighted by molar-refractivity contribution is -0.116. The number of hydrogen-bond acceptors (Lipinski definition) is 6. The number of nitrogens with zero attached hydrogens (tertiary/aromatic N) is 5. The smallest absolute Gasteiger partial charge is 0.237 e. The van der Waals surface area contributed by atoms with Gasteiger partial charge in [0.2, 0.25) is 11.1 Å². The number of para-hydroxylation sites is 1. The Morgan fingerprint density at radius 3 is 2.55 bits per heavy atom. The van der Waals surface area contributed by atoms with Crippen LogP contribution in [0.15, 0.2) is 59.8 Å². The van der Waals surface area contributed by atoms with E-state index in [0.717, 1.165) is 29.8 Å². The average Bonchev–Trinajstić information content (AvgIpc) is 3.26. The van der Waals surface area contributed by atoms with E-state index in [2.05, 4.69) is 15.5 Å². The topological polar surface area (TPSA) is 73.1 Å². The lowest BCUT2D eigenvalue weighted by Crippen LogP contribution is -2.42. The van der Waals surface area contributed by atoms with Gasteiger partial charge in [-0.3, -0.25) is 4.79 Å². The third-order valence-electron chi connectivity index (χ3n) is 5.56. The van der Waals surface area contributed by atoms with Crippen LogP contribution in [0.4, 0.5) is 5.69 Å². The number of carbonyl (C=O) groups excluding carboxylic acids is 1. The summed E-state index contributed by atoms with van der Waals surface area (Å²) in [6, 6.07) is 18.1. The second-order valence-corrected chi connectivity index (χ2v) is 8.59. The number of benzene rings is 2. The zero-order valence-corrected chi connectivity index (χ0v) is 18.5. The van der Waals surface area contributed by atoms with Crippen LogP contribution in [0, 0.1) is 0 Å². The fraction of sp³-hybridized carbons (Fsp3) is 0.391. The Hall–Kier alpha value is -2.87. The van der Waals surface area contributed by atoms with Gasteiger partial charge >= 0.3 is 0 Å². The van der Waals surface area contributed by atoms with Crippen LogP contribution in [-0.4, -0.2) is 45.0 Å². The number of methoxy groups -OCH3 is 1. The molecule has 1 amide bonds. The van der Waals surface area contributed by atoms with Crippen LogP contribution in [-0.2, 0) is 11.3 Å². The van der Waals surface area contributed by atoms with E-state index in [-0.39, 0.29) is 11.9 Å². The Kier molecular flexibility index (Phi) is 7.19. The molecule has 1 aromatic heterocycles. The van der Waals surface area contributed by atoms with Crippen molar-refractivity contribution in [3.63, 3.8) is 0 Å². The highest BCUT2D eigenvalue weighted by molar-refractivity contribution is 7.99. The van der Waals surface area contributed by atoms with E-state index in [1.165, 1.54) is 31.0 Å². The van der Waals surface area contributed by atoms with E-state index in [1.54, 1.807) is 11.8 Å². The van der Waals surface area contributed by atoms with Gasteiger partial charge in [0.1, 0.15) is 5.75 Å². The molecule has 0 atom stereocenters. The fourth-order valence-corrected chi connectivity index (χ4v) is 4.72. The number of ether oxygens (including phenoxy) is 1. The first-order valence-electron chi connectivity index (χ1n) is 10.6. The van der Waals surface area contributed by atoms with Crippen molar-refractivity contribution in [2.75, 3.05) is 17.8 Å². The minimum absolute atomic E-state index is 0.0992. The van der Waals surface area contributed by atoms with E-state index in [9.17, 15) is 4.79 Å². The highest BCUT2D eigenvalue weighted by Gasteiger charge is 2.27. The number of rotatable bonds is 8. The molecule has 7 nitrogen and oxygen atoms in total. The quantitative estimate of drug-likeness (QED) is 0.492. The number of tetrazole rings is 1. The molecule has 162 valence electrons. The molecule has 1 aliphatic carbocycles. The van der Waals surface area contributed by atoms with Gasteiger partial charge in [-0.25, -0.2) is 4.68 Å². The Morgan fingerprint density at radius 2 is 1.84 bits per heavy atom. The lowest BCUT2D eigenvalue weighted by atomic mass is 9.93. The molecule has 1 aliphatic rings. The van der Waals surface area contributed by atoms with Crippen molar-refractivity contribution >= 4 is 23.4 Å². The summed E-state index contributed by atoms with van der Waals surface area (Å²) < 4.78 is 6.94. The molecule has 2 aromatic carbocycles. The molecule has 0 bridgehead atoms. The van der Waals surface area contributed by atoms with Crippen LogP contribution in [0.3, 0.4) is 0 Å². The molecule has 1 heterocycles. The Labute approximate surface area is 186 Å². The van der Waals surface area contributed by atoms with E-state index in [1.807, 2.05) is 59.5 Å². The van der Waals surface area contributed by atoms with Crippen molar-refractivity contribution in [1.82, 2.24) is 20.2 Å². The van der Waals surface area contributed by atoms with Crippen LogP contribution in [0.2, 0.25) is 0 Å². The minimum atomic E-state index is 0.0992. The van der Waals surface area contributed by atoms with Gasteiger partial charge < -0.3 is 9.64 Å². The summed E-state index contributed by atoms with van der Waals surface area (Å²) in [6.07, 6.45) is 5.71. The second-order valence-electron chi connectivity index (χ2n) is 7.65. The van der Waals surface area contributed by atoms with E-state index in [0.29, 0.717) is 17.5 Å². The van der Waals surface area contributed by atoms with Crippen LogP contribution in [0.1, 0.15) is 37.7 Å². The molecule has 31 heavy (non-hydrogen) atoms. The third kappa shape index (κ3) is 5.44. The summed E-state index contributed by atoms with van der Waals surface area (Å²) in [6.45, 7) is 0.540. The predicted molar refractivity (Wildman–Crippen MR) is 121 cm³/mol. The molecular formula is C23H27N5O2S. The summed E-state index contributed by atoms with van der Waals surface area (Å²) in [5, 5.41) is 12.7. The maximum absolute atomic E-state index is 13.3. The van der Waals surface area contributed by atoms with Crippen molar-refractivity contribution in [3.05, 3.63) is 60.2 Å². The normalized spacial score (nSPS) is 14.4. The summed E-state index contributed by atoms with van der Waals surface area (Å²) in [5.41, 5.74) is 2.03. The molecule has 1 fully saturated rings. The largest absolute Gasteiger partial charge is 0.497 e. The van der Waals surface area contributed by atoms with Crippen molar-refractivity contribution in [2.24, 2.45) is 0 Å². The monoisotopic (exact) mass is 437 g/mol. The summed E-state index contributed by atoms with van der Waals surface area (Å²) in [5.74, 6) is 1.21. The highest BCUT2D eigenvalue weighted by Crippen LogP contribution is 2.29. The van der Waals surface area contributed by atoms with Gasteiger partial charge in [0, 0.05) is 11.7 Å². The minimum Gasteiger partial charge on any atom is -0.497 e. The van der Waals surface area contributed by atoms with Crippen molar-refractivity contribution in [2.45, 2.75) is 49.8 Å². The van der Waals surface area contributed by atoms with Crippen molar-refractivity contribution in [1.29, 1.82) is 0 Å². The van der Waals surface area contributed by atoms with Gasteiger partial charge in [0.25, 0.3) is 0 Å². The zero-order valence-electron chi connectivity index (χ0n) is 17.7. The Bertz CT molecular complexity index is 971. The number of anilines is 1. The van der Waals surface area contributed by atoms with Gasteiger partial charge in [0.15, 0.2) is 0 Å². The number of thioether (sulfide) groups is 1. The molecule has 4 rings (SSSR count). The van der Waals surface area contributed by atoms with E-state index < -0.39 is 0 Å². The summed E-state index contributed by atoms with van der Waals surface area (Å²) in [4.78, 5) is 15.3. The summed E-state index contributed by atoms with van der Waals surface area (Å²) in [7, 11) is 1.65. The van der Waals surface area contributed by atoms with Gasteiger partial charge in [-0.1, -0.05) is 61.4 Å². The predicted octanol–water partition coefficient (Wildman–Crippen LogP) is 4.19. The Morgan fingerprint density at radius 1 is 1.10 bits per heavy atom. The van der Waals surface area contributed by atoms with Crippen molar-refractivity contribution < 1.29 is 9.53 Å². The molecule has 0 radical (unpaired) electrons. The standard InChI is InChI=1S/C23H27N5O2S/c1-30-21-14-12-18(13-15-21)16-27-23(24-25-26-27)31-17-22(29)28(19-8-4-2-5-9-19)20-10-6-3-7-11-20/h2,4-5,8-9,12-15,20H,3,6-7,10-11,16-17H2,1H3. The second kappa shape index (κ2) is 10.4. The number of hydrogen-bond donors (Lipinski definition) is 0. The van der Waals surface area contributed by atoms with Gasteiger partial charge in [-0.05, 0) is 53.1 Å². The number of carbonyl (C=O) groups is 1. The summed E-state index contributed by atoms with van der Waals surface area (Å²) >= 11 is 1.39. The molecule has 0 saturated heterocycles. The first-order valence-corrected chi connectivity index (χ1v) is 11.6. The lowest BCUT2D eigenvalue weighted by Gasteiger charge is -2.34. The molecule has 8 heteroatoms. The Balaban J connectivity index is 1.44. The first-order chi connectivity index (χ1) is 15.2. The molecule has 0 spiro atoms. The average molecular weight is 438 g/mol. The number of aromatic nitrogens is 4. The fourth-order valence-electron chi connectivity index (χ4n) is 3.99. The molecular weight excluding hydrogens is 410 g/mol. The van der Waals surface area contributed by atoms with Crippen molar-refractivity contribution in [3.8, 4) is 5.75 Å². The van der Waals surface area contributed by atoms with Crippen LogP contribution in [0.5, 0.6) is 5.75 Å². The SMILES string of the molecule is COc1ccc(Cn2nnnc2SCC(=O)N(c2ccccc2)C2CCCCC2)cc1. The maximum atomic E-state index is 13.3. The van der Waals surface area contributed by atoms with Crippen LogP contribution < -0.4 is 9.64 Å². The van der Waals surface area contributed by atoms with Gasteiger partial charge in [-0.15, -0.1) is 5.10 Å². The van der Waals surface area contributed by atoms with Gasteiger partial charge in [0.05, 0.1) is 19.4 Å². The maximum Gasteiger partial charge on any atom is 0.237 e.